The molecule has 2 aromatic carbocycles. The van der Waals surface area contributed by atoms with Gasteiger partial charge in [0.05, 0.1) is 0 Å². The van der Waals surface area contributed by atoms with E-state index in [-0.39, 0.29) is 15.4 Å². The van der Waals surface area contributed by atoms with Crippen molar-refractivity contribution in [1.82, 2.24) is 14.5 Å². The second kappa shape index (κ2) is 7.57. The monoisotopic (exact) mass is 416 g/mol. The average Bonchev–Trinajstić information content (AvgIpc) is 3.17. The summed E-state index contributed by atoms with van der Waals surface area (Å²) in [5.41, 5.74) is 0.503. The fourth-order valence-electron chi connectivity index (χ4n) is 3.29. The van der Waals surface area contributed by atoms with E-state index in [4.69, 9.17) is 0 Å². The number of rotatable bonds is 4. The predicted octanol–water partition coefficient (Wildman–Crippen LogP) is 3.36. The van der Waals surface area contributed by atoms with Crippen LogP contribution in [0.25, 0.3) is 10.8 Å². The molecule has 146 valence electrons. The Bertz CT molecular complexity index is 1110. The Labute approximate surface area is 167 Å². The van der Waals surface area contributed by atoms with Crippen LogP contribution >= 0.6 is 11.3 Å². The van der Waals surface area contributed by atoms with Crippen molar-refractivity contribution in [3.63, 3.8) is 0 Å². The summed E-state index contributed by atoms with van der Waals surface area (Å²) in [4.78, 5) is 12.7. The number of carbonyl (C=O) groups excluding carboxylic acids is 1. The Morgan fingerprint density at radius 1 is 1.11 bits per heavy atom. The molecule has 1 saturated heterocycles. The average molecular weight is 417 g/mol. The molecule has 7 nitrogen and oxygen atoms in total. The minimum Gasteiger partial charge on any atom is -0.296 e. The van der Waals surface area contributed by atoms with Crippen LogP contribution in [-0.2, 0) is 10.0 Å². The van der Waals surface area contributed by atoms with E-state index in [1.165, 1.54) is 4.31 Å². The molecule has 1 N–H and O–H groups in total. The molecule has 0 atom stereocenters. The van der Waals surface area contributed by atoms with Crippen LogP contribution in [0.1, 0.15) is 30.1 Å². The van der Waals surface area contributed by atoms with Gasteiger partial charge in [0.2, 0.25) is 9.47 Å². The predicted molar refractivity (Wildman–Crippen MR) is 109 cm³/mol. The summed E-state index contributed by atoms with van der Waals surface area (Å²) in [6.45, 7) is 3.09. The second-order valence-corrected chi connectivity index (χ2v) is 10.0. The molecule has 0 radical (unpaired) electrons. The third-order valence-corrected chi connectivity index (χ3v) is 8.05. The Kier molecular flexibility index (Phi) is 5.13. The molecule has 0 spiro atoms. The Morgan fingerprint density at radius 2 is 1.82 bits per heavy atom. The number of fused-ring (bicyclic) bond motifs is 1. The molecule has 1 amide bonds. The number of sulfonamides is 1. The lowest BCUT2D eigenvalue weighted by Crippen LogP contribution is -2.37. The molecule has 0 bridgehead atoms. The quantitative estimate of drug-likeness (QED) is 0.659. The van der Waals surface area contributed by atoms with Gasteiger partial charge in [-0.2, -0.15) is 4.31 Å². The van der Waals surface area contributed by atoms with Crippen LogP contribution in [0, 0.1) is 5.92 Å². The lowest BCUT2D eigenvalue weighted by atomic mass is 10.0. The summed E-state index contributed by atoms with van der Waals surface area (Å²) < 4.78 is 26.9. The van der Waals surface area contributed by atoms with Gasteiger partial charge in [-0.3, -0.25) is 10.1 Å². The zero-order valence-electron chi connectivity index (χ0n) is 15.3. The van der Waals surface area contributed by atoms with Crippen molar-refractivity contribution in [3.8, 4) is 0 Å². The molecule has 1 fully saturated rings. The van der Waals surface area contributed by atoms with Crippen molar-refractivity contribution < 1.29 is 13.2 Å². The van der Waals surface area contributed by atoms with Crippen molar-refractivity contribution in [3.05, 3.63) is 48.0 Å². The van der Waals surface area contributed by atoms with E-state index in [1.807, 2.05) is 36.4 Å². The standard InChI is InChI=1S/C19H20N4O3S2/c1-13-9-11-23(12-10-13)28(25,26)19-22-21-18(27-19)20-17(24)16-8-4-6-14-5-2-3-7-15(14)16/h2-8,13H,9-12H2,1H3,(H,20,21,24). The fourth-order valence-corrected chi connectivity index (χ4v) is 5.79. The molecule has 2 heterocycles. The van der Waals surface area contributed by atoms with Crippen LogP contribution in [0.4, 0.5) is 5.13 Å². The highest BCUT2D eigenvalue weighted by atomic mass is 32.2. The molecule has 3 aromatic rings. The van der Waals surface area contributed by atoms with E-state index in [0.29, 0.717) is 24.6 Å². The largest absolute Gasteiger partial charge is 0.296 e. The molecule has 9 heteroatoms. The molecule has 4 rings (SSSR count). The van der Waals surface area contributed by atoms with Gasteiger partial charge in [-0.15, -0.1) is 10.2 Å². The zero-order valence-corrected chi connectivity index (χ0v) is 17.0. The second-order valence-electron chi connectivity index (χ2n) is 6.94. The van der Waals surface area contributed by atoms with Crippen molar-refractivity contribution in [1.29, 1.82) is 0 Å². The SMILES string of the molecule is CC1CCN(S(=O)(=O)c2nnc(NC(=O)c3cccc4ccccc34)s2)CC1. The minimum atomic E-state index is -3.67. The Hall–Kier alpha value is -2.36. The summed E-state index contributed by atoms with van der Waals surface area (Å²) >= 11 is 0.879. The number of amides is 1. The maximum absolute atomic E-state index is 12.8. The number of carbonyl (C=O) groups is 1. The van der Waals surface area contributed by atoms with Crippen LogP contribution < -0.4 is 5.32 Å². The molecule has 0 unspecified atom stereocenters. The van der Waals surface area contributed by atoms with Crippen molar-refractivity contribution in [2.45, 2.75) is 24.1 Å². The topological polar surface area (TPSA) is 92.3 Å². The lowest BCUT2D eigenvalue weighted by Gasteiger charge is -2.28. The van der Waals surface area contributed by atoms with E-state index >= 15 is 0 Å². The number of aromatic nitrogens is 2. The van der Waals surface area contributed by atoms with Gasteiger partial charge in [0.15, 0.2) is 0 Å². The third-order valence-electron chi connectivity index (χ3n) is 4.96. The summed E-state index contributed by atoms with van der Waals surface area (Å²) in [5, 5.41) is 12.3. The maximum Gasteiger partial charge on any atom is 0.272 e. The van der Waals surface area contributed by atoms with Crippen molar-refractivity contribution in [2.24, 2.45) is 5.92 Å². The first-order chi connectivity index (χ1) is 13.4. The molecule has 28 heavy (non-hydrogen) atoms. The van der Waals surface area contributed by atoms with Gasteiger partial charge < -0.3 is 0 Å². The number of anilines is 1. The van der Waals surface area contributed by atoms with Crippen LogP contribution in [0.2, 0.25) is 0 Å². The molecular weight excluding hydrogens is 396 g/mol. The first-order valence-electron chi connectivity index (χ1n) is 9.08. The first-order valence-corrected chi connectivity index (χ1v) is 11.3. The molecule has 1 aliphatic rings. The molecular formula is C19H20N4O3S2. The highest BCUT2D eigenvalue weighted by Crippen LogP contribution is 2.28. The number of nitrogens with one attached hydrogen (secondary N) is 1. The smallest absolute Gasteiger partial charge is 0.272 e. The van der Waals surface area contributed by atoms with Crippen molar-refractivity contribution in [2.75, 3.05) is 18.4 Å². The maximum atomic E-state index is 12.8. The van der Waals surface area contributed by atoms with Crippen LogP contribution in [-0.4, -0.2) is 41.9 Å². The highest BCUT2D eigenvalue weighted by molar-refractivity contribution is 7.91. The van der Waals surface area contributed by atoms with Gasteiger partial charge in [-0.1, -0.05) is 54.7 Å². The molecule has 0 aliphatic carbocycles. The number of piperidine rings is 1. The summed E-state index contributed by atoms with van der Waals surface area (Å²) in [6, 6.07) is 13.1. The molecule has 0 saturated carbocycles. The third kappa shape index (κ3) is 3.65. The van der Waals surface area contributed by atoms with E-state index in [9.17, 15) is 13.2 Å². The molecule has 1 aromatic heterocycles. The van der Waals surface area contributed by atoms with E-state index in [0.717, 1.165) is 35.0 Å². The van der Waals surface area contributed by atoms with Crippen LogP contribution in [0.3, 0.4) is 0 Å². The summed E-state index contributed by atoms with van der Waals surface area (Å²) in [5.74, 6) is 0.181. The van der Waals surface area contributed by atoms with Gasteiger partial charge in [0, 0.05) is 18.7 Å². The first kappa shape index (κ1) is 19.0. The van der Waals surface area contributed by atoms with Crippen LogP contribution in [0.15, 0.2) is 46.8 Å². The van der Waals surface area contributed by atoms with Gasteiger partial charge in [0.1, 0.15) is 0 Å². The van der Waals surface area contributed by atoms with Gasteiger partial charge in [-0.25, -0.2) is 8.42 Å². The van der Waals surface area contributed by atoms with Crippen LogP contribution in [0.5, 0.6) is 0 Å². The number of hydrogen-bond acceptors (Lipinski definition) is 6. The van der Waals surface area contributed by atoms with Gasteiger partial charge in [0.25, 0.3) is 15.9 Å². The Morgan fingerprint density at radius 3 is 2.61 bits per heavy atom. The molecule has 1 aliphatic heterocycles. The zero-order chi connectivity index (χ0) is 19.7. The summed E-state index contributed by atoms with van der Waals surface area (Å²) in [7, 11) is -3.67. The van der Waals surface area contributed by atoms with Crippen molar-refractivity contribution >= 4 is 43.2 Å². The number of nitrogens with zero attached hydrogens (tertiary/aromatic N) is 3. The Balaban J connectivity index is 1.54. The normalized spacial score (nSPS) is 16.3. The fraction of sp³-hybridized carbons (Fsp3) is 0.316. The lowest BCUT2D eigenvalue weighted by molar-refractivity contribution is 0.102. The number of hydrogen-bond donors (Lipinski definition) is 1. The van der Waals surface area contributed by atoms with E-state index in [2.05, 4.69) is 22.4 Å². The summed E-state index contributed by atoms with van der Waals surface area (Å²) in [6.07, 6.45) is 1.67. The highest BCUT2D eigenvalue weighted by Gasteiger charge is 2.31. The van der Waals surface area contributed by atoms with Gasteiger partial charge >= 0.3 is 0 Å². The van der Waals surface area contributed by atoms with Gasteiger partial charge in [-0.05, 0) is 35.6 Å². The van der Waals surface area contributed by atoms with E-state index < -0.39 is 10.0 Å². The number of benzene rings is 2. The van der Waals surface area contributed by atoms with E-state index in [1.54, 1.807) is 6.07 Å². The minimum absolute atomic E-state index is 0.0877.